The van der Waals surface area contributed by atoms with Gasteiger partial charge >= 0.3 is 6.09 Å². The molecule has 1 amide bonds. The molecule has 0 saturated carbocycles. The predicted molar refractivity (Wildman–Crippen MR) is 41.9 cm³/mol. The lowest BCUT2D eigenvalue weighted by molar-refractivity contribution is -0.0335. The number of likely N-dealkylation sites (tertiary alicyclic amines) is 1. The Balaban J connectivity index is 1.98. The molecule has 12 heavy (non-hydrogen) atoms. The standard InChI is InChI=1S/C8H13NO3/c1-11-8(10)9-4-6-2-3-7(5-9)12-6/h6-7H,2-5H2,1H3. The summed E-state index contributed by atoms with van der Waals surface area (Å²) in [4.78, 5) is 12.9. The Morgan fingerprint density at radius 1 is 1.42 bits per heavy atom. The van der Waals surface area contributed by atoms with Gasteiger partial charge in [0, 0.05) is 0 Å². The molecule has 2 unspecified atom stereocenters. The summed E-state index contributed by atoms with van der Waals surface area (Å²) in [5.41, 5.74) is 0. The Labute approximate surface area is 71.4 Å². The molecule has 2 saturated heterocycles. The molecule has 0 spiro atoms. The number of methoxy groups -OCH3 is 1. The number of carbonyl (C=O) groups excluding carboxylic acids is 1. The van der Waals surface area contributed by atoms with E-state index in [0.29, 0.717) is 13.1 Å². The molecule has 0 N–H and O–H groups in total. The number of carbonyl (C=O) groups is 1. The van der Waals surface area contributed by atoms with Crippen LogP contribution in [0.25, 0.3) is 0 Å². The molecule has 0 aromatic carbocycles. The number of nitrogens with zero attached hydrogens (tertiary/aromatic N) is 1. The van der Waals surface area contributed by atoms with E-state index >= 15 is 0 Å². The fraction of sp³-hybridized carbons (Fsp3) is 0.875. The van der Waals surface area contributed by atoms with E-state index in [0.717, 1.165) is 12.8 Å². The summed E-state index contributed by atoms with van der Waals surface area (Å²) >= 11 is 0. The quantitative estimate of drug-likeness (QED) is 0.536. The molecule has 0 aromatic rings. The highest BCUT2D eigenvalue weighted by atomic mass is 16.5. The van der Waals surface area contributed by atoms with Gasteiger partial charge < -0.3 is 14.4 Å². The maximum Gasteiger partial charge on any atom is 0.409 e. The number of morpholine rings is 1. The number of ether oxygens (including phenoxy) is 2. The van der Waals surface area contributed by atoms with Crippen LogP contribution in [-0.4, -0.2) is 43.4 Å². The largest absolute Gasteiger partial charge is 0.453 e. The van der Waals surface area contributed by atoms with Crippen LogP contribution in [0.1, 0.15) is 12.8 Å². The van der Waals surface area contributed by atoms with Crippen molar-refractivity contribution in [3.63, 3.8) is 0 Å². The van der Waals surface area contributed by atoms with Crippen LogP contribution in [-0.2, 0) is 9.47 Å². The van der Waals surface area contributed by atoms with Gasteiger partial charge in [-0.15, -0.1) is 0 Å². The van der Waals surface area contributed by atoms with Crippen LogP contribution in [0, 0.1) is 0 Å². The minimum atomic E-state index is -0.227. The summed E-state index contributed by atoms with van der Waals surface area (Å²) in [7, 11) is 1.42. The van der Waals surface area contributed by atoms with Crippen LogP contribution in [0.2, 0.25) is 0 Å². The van der Waals surface area contributed by atoms with E-state index in [9.17, 15) is 4.79 Å². The van der Waals surface area contributed by atoms with Gasteiger partial charge in [0.1, 0.15) is 0 Å². The third-order valence-corrected chi connectivity index (χ3v) is 2.48. The molecule has 68 valence electrons. The molecule has 2 fully saturated rings. The number of hydrogen-bond acceptors (Lipinski definition) is 3. The first-order valence-electron chi connectivity index (χ1n) is 4.28. The zero-order valence-corrected chi connectivity index (χ0v) is 7.16. The topological polar surface area (TPSA) is 38.8 Å². The van der Waals surface area contributed by atoms with Crippen LogP contribution in [0.3, 0.4) is 0 Å². The van der Waals surface area contributed by atoms with Crippen molar-refractivity contribution in [3.05, 3.63) is 0 Å². The fourth-order valence-electron chi connectivity index (χ4n) is 1.89. The number of amides is 1. The monoisotopic (exact) mass is 171 g/mol. The van der Waals surface area contributed by atoms with E-state index in [2.05, 4.69) is 4.74 Å². The van der Waals surface area contributed by atoms with Gasteiger partial charge in [-0.2, -0.15) is 0 Å². The lowest BCUT2D eigenvalue weighted by Crippen LogP contribution is -2.45. The molecule has 2 heterocycles. The summed E-state index contributed by atoms with van der Waals surface area (Å²) in [5, 5.41) is 0. The van der Waals surface area contributed by atoms with Crippen LogP contribution in [0.4, 0.5) is 4.79 Å². The van der Waals surface area contributed by atoms with Gasteiger partial charge in [-0.25, -0.2) is 4.79 Å². The number of rotatable bonds is 0. The Kier molecular flexibility index (Phi) is 1.92. The summed E-state index contributed by atoms with van der Waals surface area (Å²) in [6.45, 7) is 1.40. The van der Waals surface area contributed by atoms with Gasteiger partial charge in [-0.1, -0.05) is 0 Å². The molecule has 4 heteroatoms. The molecule has 2 rings (SSSR count). The summed E-state index contributed by atoms with van der Waals surface area (Å²) in [6, 6.07) is 0. The van der Waals surface area contributed by atoms with Crippen molar-refractivity contribution >= 4 is 6.09 Å². The minimum Gasteiger partial charge on any atom is -0.453 e. The zero-order chi connectivity index (χ0) is 8.55. The van der Waals surface area contributed by atoms with Crippen LogP contribution in [0.15, 0.2) is 0 Å². The average Bonchev–Trinajstić information content (AvgIpc) is 2.44. The van der Waals surface area contributed by atoms with Gasteiger partial charge in [-0.05, 0) is 12.8 Å². The van der Waals surface area contributed by atoms with Crippen LogP contribution in [0.5, 0.6) is 0 Å². The van der Waals surface area contributed by atoms with Crippen molar-refractivity contribution in [1.29, 1.82) is 0 Å². The minimum absolute atomic E-state index is 0.227. The van der Waals surface area contributed by atoms with Crippen LogP contribution < -0.4 is 0 Å². The third kappa shape index (κ3) is 1.27. The van der Waals surface area contributed by atoms with Gasteiger partial charge in [0.25, 0.3) is 0 Å². The fourth-order valence-corrected chi connectivity index (χ4v) is 1.89. The second-order valence-corrected chi connectivity index (χ2v) is 3.33. The summed E-state index contributed by atoms with van der Waals surface area (Å²) in [6.07, 6.45) is 2.44. The highest BCUT2D eigenvalue weighted by Crippen LogP contribution is 2.26. The normalized spacial score (nSPS) is 33.6. The Morgan fingerprint density at radius 2 is 2.00 bits per heavy atom. The molecule has 0 radical (unpaired) electrons. The van der Waals surface area contributed by atoms with Gasteiger partial charge in [-0.3, -0.25) is 0 Å². The second-order valence-electron chi connectivity index (χ2n) is 3.33. The molecule has 0 aromatic heterocycles. The van der Waals surface area contributed by atoms with E-state index in [4.69, 9.17) is 4.74 Å². The van der Waals surface area contributed by atoms with Crippen LogP contribution >= 0.6 is 0 Å². The van der Waals surface area contributed by atoms with E-state index in [1.807, 2.05) is 0 Å². The number of fused-ring (bicyclic) bond motifs is 2. The lowest BCUT2D eigenvalue weighted by atomic mass is 10.2. The Hall–Kier alpha value is -0.770. The van der Waals surface area contributed by atoms with Crippen molar-refractivity contribution in [3.8, 4) is 0 Å². The molecule has 2 atom stereocenters. The molecule has 4 nitrogen and oxygen atoms in total. The first-order valence-corrected chi connectivity index (χ1v) is 4.28. The Bertz CT molecular complexity index is 183. The molecular formula is C8H13NO3. The molecular weight excluding hydrogens is 158 g/mol. The van der Waals surface area contributed by atoms with E-state index in [1.54, 1.807) is 4.90 Å². The highest BCUT2D eigenvalue weighted by molar-refractivity contribution is 5.67. The second kappa shape index (κ2) is 2.94. The summed E-state index contributed by atoms with van der Waals surface area (Å²) < 4.78 is 10.2. The van der Waals surface area contributed by atoms with E-state index in [-0.39, 0.29) is 18.3 Å². The average molecular weight is 171 g/mol. The molecule has 0 aliphatic carbocycles. The van der Waals surface area contributed by atoms with Crippen molar-refractivity contribution < 1.29 is 14.3 Å². The molecule has 2 aliphatic rings. The van der Waals surface area contributed by atoms with Crippen molar-refractivity contribution in [2.45, 2.75) is 25.0 Å². The molecule has 2 aliphatic heterocycles. The van der Waals surface area contributed by atoms with Crippen molar-refractivity contribution in [2.24, 2.45) is 0 Å². The first kappa shape index (κ1) is 7.86. The maximum atomic E-state index is 11.1. The third-order valence-electron chi connectivity index (χ3n) is 2.48. The lowest BCUT2D eigenvalue weighted by Gasteiger charge is -2.30. The smallest absolute Gasteiger partial charge is 0.409 e. The first-order chi connectivity index (χ1) is 5.79. The number of hydrogen-bond donors (Lipinski definition) is 0. The van der Waals surface area contributed by atoms with E-state index < -0.39 is 0 Å². The van der Waals surface area contributed by atoms with E-state index in [1.165, 1.54) is 7.11 Å². The Morgan fingerprint density at radius 3 is 2.50 bits per heavy atom. The van der Waals surface area contributed by atoms with Crippen molar-refractivity contribution in [2.75, 3.05) is 20.2 Å². The predicted octanol–water partition coefficient (Wildman–Crippen LogP) is 0.616. The molecule has 2 bridgehead atoms. The van der Waals surface area contributed by atoms with Gasteiger partial charge in [0.15, 0.2) is 0 Å². The highest BCUT2D eigenvalue weighted by Gasteiger charge is 2.35. The zero-order valence-electron chi connectivity index (χ0n) is 7.16. The van der Waals surface area contributed by atoms with Gasteiger partial charge in [0.2, 0.25) is 0 Å². The SMILES string of the molecule is COC(=O)N1CC2CCC(C1)O2. The van der Waals surface area contributed by atoms with Crippen molar-refractivity contribution in [1.82, 2.24) is 4.90 Å². The van der Waals surface area contributed by atoms with Gasteiger partial charge in [0.05, 0.1) is 32.4 Å². The summed E-state index contributed by atoms with van der Waals surface area (Å²) in [5.74, 6) is 0. The maximum absolute atomic E-state index is 11.1.